The third kappa shape index (κ3) is 1.99. The Bertz CT molecular complexity index is 511. The Morgan fingerprint density at radius 3 is 2.80 bits per heavy atom. The van der Waals surface area contributed by atoms with Gasteiger partial charge in [-0.15, -0.1) is 0 Å². The molecule has 0 spiro atoms. The van der Waals surface area contributed by atoms with Crippen molar-refractivity contribution in [2.45, 2.75) is 0 Å². The van der Waals surface area contributed by atoms with Gasteiger partial charge < -0.3 is 5.11 Å². The van der Waals surface area contributed by atoms with Crippen LogP contribution in [0.2, 0.25) is 0 Å². The van der Waals surface area contributed by atoms with E-state index in [2.05, 4.69) is 9.97 Å². The van der Waals surface area contributed by atoms with Gasteiger partial charge >= 0.3 is 0 Å². The average Bonchev–Trinajstić information content (AvgIpc) is 2.29. The summed E-state index contributed by atoms with van der Waals surface area (Å²) in [7, 11) is 0. The van der Waals surface area contributed by atoms with E-state index >= 15 is 0 Å². The fraction of sp³-hybridized carbons (Fsp3) is 0.0909. The summed E-state index contributed by atoms with van der Waals surface area (Å²) in [6.45, 7) is -0.347. The highest BCUT2D eigenvalue weighted by Crippen LogP contribution is 2.15. The van der Waals surface area contributed by atoms with Gasteiger partial charge in [0, 0.05) is 0 Å². The van der Waals surface area contributed by atoms with E-state index in [-0.39, 0.29) is 12.3 Å². The molecule has 1 aromatic heterocycles. The van der Waals surface area contributed by atoms with Crippen LogP contribution >= 0.6 is 0 Å². The molecule has 2 aromatic rings. The number of halogens is 1. The number of para-hydroxylation sites is 2. The number of hydrogen-bond acceptors (Lipinski definition) is 3. The first-order valence-corrected chi connectivity index (χ1v) is 4.50. The molecule has 0 fully saturated rings. The Balaban J connectivity index is 2.51. The Labute approximate surface area is 85.9 Å². The lowest BCUT2D eigenvalue weighted by atomic mass is 10.3. The minimum atomic E-state index is -0.559. The van der Waals surface area contributed by atoms with Crippen LogP contribution in [0.3, 0.4) is 0 Å². The standard InChI is InChI=1S/C11H9FN2O/c12-8(5-6-15)11-7-13-9-3-1-2-4-10(9)14-11/h1-5,7,15H,6H2/b8-5-. The van der Waals surface area contributed by atoms with Gasteiger partial charge in [0.1, 0.15) is 11.5 Å². The van der Waals surface area contributed by atoms with Gasteiger partial charge in [-0.05, 0) is 18.2 Å². The number of hydrogen-bond donors (Lipinski definition) is 1. The summed E-state index contributed by atoms with van der Waals surface area (Å²) in [5, 5.41) is 8.55. The zero-order chi connectivity index (χ0) is 10.7. The zero-order valence-electron chi connectivity index (χ0n) is 7.89. The molecule has 0 aliphatic carbocycles. The monoisotopic (exact) mass is 204 g/mol. The molecule has 0 unspecified atom stereocenters. The quantitative estimate of drug-likeness (QED) is 0.813. The van der Waals surface area contributed by atoms with Crippen molar-refractivity contribution in [3.8, 4) is 0 Å². The molecule has 0 atom stereocenters. The zero-order valence-corrected chi connectivity index (χ0v) is 7.89. The Morgan fingerprint density at radius 1 is 1.33 bits per heavy atom. The number of fused-ring (bicyclic) bond motifs is 1. The molecule has 0 amide bonds. The first-order chi connectivity index (χ1) is 7.31. The number of aromatic nitrogens is 2. The van der Waals surface area contributed by atoms with Gasteiger partial charge in [0.15, 0.2) is 0 Å². The molecule has 0 saturated heterocycles. The van der Waals surface area contributed by atoms with Crippen molar-refractivity contribution in [3.05, 3.63) is 42.2 Å². The second kappa shape index (κ2) is 4.14. The van der Waals surface area contributed by atoms with E-state index in [9.17, 15) is 4.39 Å². The molecule has 76 valence electrons. The van der Waals surface area contributed by atoms with Gasteiger partial charge in [0.05, 0.1) is 23.8 Å². The Hall–Kier alpha value is -1.81. The van der Waals surface area contributed by atoms with Crippen LogP contribution in [0, 0.1) is 0 Å². The highest BCUT2D eigenvalue weighted by molar-refractivity contribution is 5.75. The topological polar surface area (TPSA) is 46.0 Å². The van der Waals surface area contributed by atoms with Crippen molar-refractivity contribution < 1.29 is 9.50 Å². The summed E-state index contributed by atoms with van der Waals surface area (Å²) < 4.78 is 13.3. The third-order valence-electron chi connectivity index (χ3n) is 1.96. The first-order valence-electron chi connectivity index (χ1n) is 4.50. The second-order valence-electron chi connectivity index (χ2n) is 2.98. The number of rotatable bonds is 2. The maximum absolute atomic E-state index is 13.3. The second-order valence-corrected chi connectivity index (χ2v) is 2.98. The van der Waals surface area contributed by atoms with Crippen LogP contribution in [0.1, 0.15) is 5.69 Å². The number of benzene rings is 1. The van der Waals surface area contributed by atoms with Crippen LogP contribution in [-0.4, -0.2) is 21.7 Å². The van der Waals surface area contributed by atoms with Crippen molar-refractivity contribution in [1.29, 1.82) is 0 Å². The van der Waals surface area contributed by atoms with Crippen LogP contribution in [0.25, 0.3) is 16.9 Å². The lowest BCUT2D eigenvalue weighted by Crippen LogP contribution is -1.90. The van der Waals surface area contributed by atoms with Crippen LogP contribution in [0.4, 0.5) is 4.39 Å². The molecule has 3 nitrogen and oxygen atoms in total. The predicted octanol–water partition coefficient (Wildman–Crippen LogP) is 1.93. The molecule has 0 aliphatic heterocycles. The highest BCUT2D eigenvalue weighted by atomic mass is 19.1. The molecule has 0 bridgehead atoms. The molecule has 0 saturated carbocycles. The molecular formula is C11H9FN2O. The van der Waals surface area contributed by atoms with E-state index in [0.29, 0.717) is 5.52 Å². The Morgan fingerprint density at radius 2 is 2.07 bits per heavy atom. The maximum atomic E-state index is 13.3. The lowest BCUT2D eigenvalue weighted by molar-refractivity contribution is 0.342. The van der Waals surface area contributed by atoms with Crippen molar-refractivity contribution in [2.24, 2.45) is 0 Å². The minimum Gasteiger partial charge on any atom is -0.392 e. The van der Waals surface area contributed by atoms with E-state index in [1.165, 1.54) is 6.20 Å². The van der Waals surface area contributed by atoms with Crippen molar-refractivity contribution >= 4 is 16.9 Å². The fourth-order valence-corrected chi connectivity index (χ4v) is 1.26. The van der Waals surface area contributed by atoms with Gasteiger partial charge in [-0.2, -0.15) is 0 Å². The van der Waals surface area contributed by atoms with E-state index in [1.807, 2.05) is 12.1 Å². The normalized spacial score (nSPS) is 12.0. The number of aliphatic hydroxyl groups excluding tert-OH is 1. The molecule has 2 rings (SSSR count). The van der Waals surface area contributed by atoms with E-state index in [1.54, 1.807) is 12.1 Å². The smallest absolute Gasteiger partial charge is 0.148 e. The average molecular weight is 204 g/mol. The Kier molecular flexibility index (Phi) is 2.69. The first kappa shape index (κ1) is 9.73. The van der Waals surface area contributed by atoms with Crippen LogP contribution < -0.4 is 0 Å². The van der Waals surface area contributed by atoms with Crippen LogP contribution in [0.5, 0.6) is 0 Å². The summed E-state index contributed by atoms with van der Waals surface area (Å²) in [5.74, 6) is -0.559. The molecule has 4 heteroatoms. The highest BCUT2D eigenvalue weighted by Gasteiger charge is 2.03. The summed E-state index contributed by atoms with van der Waals surface area (Å²) in [4.78, 5) is 8.14. The number of aliphatic hydroxyl groups is 1. The van der Waals surface area contributed by atoms with E-state index in [0.717, 1.165) is 11.6 Å². The van der Waals surface area contributed by atoms with Crippen molar-refractivity contribution in [3.63, 3.8) is 0 Å². The van der Waals surface area contributed by atoms with E-state index < -0.39 is 5.83 Å². The summed E-state index contributed by atoms with van der Waals surface area (Å²) in [5.41, 5.74) is 1.50. The predicted molar refractivity (Wildman–Crippen MR) is 55.7 cm³/mol. The third-order valence-corrected chi connectivity index (χ3v) is 1.96. The summed E-state index contributed by atoms with van der Waals surface area (Å²) in [6.07, 6.45) is 2.41. The van der Waals surface area contributed by atoms with Crippen molar-refractivity contribution in [1.82, 2.24) is 9.97 Å². The fourth-order valence-electron chi connectivity index (χ4n) is 1.26. The van der Waals surface area contributed by atoms with Gasteiger partial charge in [0.25, 0.3) is 0 Å². The van der Waals surface area contributed by atoms with Gasteiger partial charge in [-0.3, -0.25) is 4.98 Å². The lowest BCUT2D eigenvalue weighted by Gasteiger charge is -1.99. The maximum Gasteiger partial charge on any atom is 0.148 e. The summed E-state index contributed by atoms with van der Waals surface area (Å²) >= 11 is 0. The van der Waals surface area contributed by atoms with Gasteiger partial charge in [0.2, 0.25) is 0 Å². The van der Waals surface area contributed by atoms with Crippen LogP contribution in [0.15, 0.2) is 36.5 Å². The largest absolute Gasteiger partial charge is 0.392 e. The summed E-state index contributed by atoms with van der Waals surface area (Å²) in [6, 6.07) is 7.23. The van der Waals surface area contributed by atoms with Crippen LogP contribution in [-0.2, 0) is 0 Å². The van der Waals surface area contributed by atoms with Crippen molar-refractivity contribution in [2.75, 3.05) is 6.61 Å². The molecule has 1 heterocycles. The molecule has 1 N–H and O–H groups in total. The van der Waals surface area contributed by atoms with E-state index in [4.69, 9.17) is 5.11 Å². The number of nitrogens with zero attached hydrogens (tertiary/aromatic N) is 2. The molecule has 0 aliphatic rings. The molecule has 15 heavy (non-hydrogen) atoms. The van der Waals surface area contributed by atoms with Gasteiger partial charge in [-0.1, -0.05) is 12.1 Å². The minimum absolute atomic E-state index is 0.141. The molecule has 0 radical (unpaired) electrons. The molecular weight excluding hydrogens is 195 g/mol. The SMILES string of the molecule is OC/C=C(\F)c1cnc2ccccc2n1. The van der Waals surface area contributed by atoms with Gasteiger partial charge in [-0.25, -0.2) is 9.37 Å². The molecule has 1 aromatic carbocycles.